The fourth-order valence-electron chi connectivity index (χ4n) is 2.45. The molecule has 0 bridgehead atoms. The molecule has 2 fully saturated rings. The van der Waals surface area contributed by atoms with Gasteiger partial charge in [-0.05, 0) is 0 Å². The quantitative estimate of drug-likeness (QED) is 0.268. The van der Waals surface area contributed by atoms with Gasteiger partial charge in [0.05, 0.1) is 25.4 Å². The van der Waals surface area contributed by atoms with Gasteiger partial charge >= 0.3 is 0 Å². The molecule has 0 aromatic rings. The van der Waals surface area contributed by atoms with E-state index in [1.165, 1.54) is 0 Å². The van der Waals surface area contributed by atoms with E-state index in [1.54, 1.807) is 0 Å². The van der Waals surface area contributed by atoms with E-state index in [9.17, 15) is 30.6 Å². The van der Waals surface area contributed by atoms with Crippen LogP contribution in [0.2, 0.25) is 0 Å². The van der Waals surface area contributed by atoms with Crippen LogP contribution in [0.4, 0.5) is 0 Å². The van der Waals surface area contributed by atoms with Gasteiger partial charge in [0, 0.05) is 6.42 Å². The molecule has 7 N–H and O–H groups in total. The topological polar surface area (TPSA) is 169 Å². The van der Waals surface area contributed by atoms with Crippen molar-refractivity contribution in [3.63, 3.8) is 0 Å². The monoisotopic (exact) mass is 326 g/mol. The standard InChI is InChI=1S/C12H22O10/c13-2-6-8(16)9(17)10(18)12(22-6)20-3-4-1-5(14)7(15)11(19)21-4/h4-19H,1-3H2/t4-,5-,6+,7-,8+,9-,10-,11-,12-/m0/s1. The Bertz CT molecular complexity index is 341. The van der Waals surface area contributed by atoms with Crippen molar-refractivity contribution in [2.24, 2.45) is 0 Å². The number of aliphatic hydroxyl groups excluding tert-OH is 7. The van der Waals surface area contributed by atoms with Crippen molar-refractivity contribution in [3.05, 3.63) is 0 Å². The Hall–Kier alpha value is -0.400. The van der Waals surface area contributed by atoms with Crippen molar-refractivity contribution in [3.8, 4) is 0 Å². The summed E-state index contributed by atoms with van der Waals surface area (Å²) in [6, 6.07) is 0. The van der Waals surface area contributed by atoms with E-state index in [0.717, 1.165) is 0 Å². The molecule has 0 aromatic carbocycles. The Labute approximate surface area is 126 Å². The Morgan fingerprint density at radius 1 is 0.864 bits per heavy atom. The van der Waals surface area contributed by atoms with Gasteiger partial charge in [-0.25, -0.2) is 0 Å². The molecular weight excluding hydrogens is 304 g/mol. The van der Waals surface area contributed by atoms with E-state index in [4.69, 9.17) is 19.3 Å². The minimum absolute atomic E-state index is 0.00432. The fourth-order valence-corrected chi connectivity index (χ4v) is 2.45. The predicted octanol–water partition coefficient (Wildman–Crippen LogP) is -4.37. The summed E-state index contributed by atoms with van der Waals surface area (Å²) < 4.78 is 15.4. The molecule has 0 spiro atoms. The molecule has 130 valence electrons. The highest BCUT2D eigenvalue weighted by atomic mass is 16.7. The van der Waals surface area contributed by atoms with Crippen LogP contribution in [0.1, 0.15) is 6.42 Å². The highest BCUT2D eigenvalue weighted by Gasteiger charge is 2.44. The molecule has 0 radical (unpaired) electrons. The molecule has 22 heavy (non-hydrogen) atoms. The smallest absolute Gasteiger partial charge is 0.186 e. The molecule has 9 atom stereocenters. The first kappa shape index (κ1) is 17.9. The average molecular weight is 326 g/mol. The van der Waals surface area contributed by atoms with Crippen LogP contribution in [0.3, 0.4) is 0 Å². The van der Waals surface area contributed by atoms with Gasteiger partial charge in [-0.2, -0.15) is 0 Å². The predicted molar refractivity (Wildman–Crippen MR) is 67.2 cm³/mol. The molecule has 10 heteroatoms. The van der Waals surface area contributed by atoms with E-state index in [-0.39, 0.29) is 13.0 Å². The molecule has 2 aliphatic rings. The summed E-state index contributed by atoms with van der Waals surface area (Å²) in [6.07, 6.45) is -11.9. The van der Waals surface area contributed by atoms with Gasteiger partial charge in [0.1, 0.15) is 30.5 Å². The maximum Gasteiger partial charge on any atom is 0.186 e. The Kier molecular flexibility index (Phi) is 6.07. The van der Waals surface area contributed by atoms with Crippen LogP contribution < -0.4 is 0 Å². The second-order valence-corrected chi connectivity index (χ2v) is 5.47. The van der Waals surface area contributed by atoms with Crippen molar-refractivity contribution in [1.82, 2.24) is 0 Å². The van der Waals surface area contributed by atoms with E-state index in [2.05, 4.69) is 0 Å². The number of hydrogen-bond donors (Lipinski definition) is 7. The van der Waals surface area contributed by atoms with Crippen molar-refractivity contribution >= 4 is 0 Å². The molecular formula is C12H22O10. The first-order valence-electron chi connectivity index (χ1n) is 6.97. The van der Waals surface area contributed by atoms with Crippen molar-refractivity contribution in [2.75, 3.05) is 13.2 Å². The summed E-state index contributed by atoms with van der Waals surface area (Å²) in [5, 5.41) is 66.3. The molecule has 0 unspecified atom stereocenters. The number of hydrogen-bond acceptors (Lipinski definition) is 10. The highest BCUT2D eigenvalue weighted by molar-refractivity contribution is 4.89. The van der Waals surface area contributed by atoms with Crippen LogP contribution in [-0.4, -0.2) is 104 Å². The molecule has 0 aliphatic carbocycles. The third kappa shape index (κ3) is 3.74. The summed E-state index contributed by atoms with van der Waals surface area (Å²) in [4.78, 5) is 0. The fraction of sp³-hybridized carbons (Fsp3) is 1.00. The zero-order valence-corrected chi connectivity index (χ0v) is 11.7. The number of ether oxygens (including phenoxy) is 3. The normalized spacial score (nSPS) is 50.0. The molecule has 2 rings (SSSR count). The summed E-state index contributed by atoms with van der Waals surface area (Å²) in [6.45, 7) is -0.780. The van der Waals surface area contributed by atoms with E-state index in [0.29, 0.717) is 0 Å². The molecule has 0 aromatic heterocycles. The van der Waals surface area contributed by atoms with Gasteiger partial charge in [-0.1, -0.05) is 0 Å². The lowest BCUT2D eigenvalue weighted by molar-refractivity contribution is -0.315. The van der Waals surface area contributed by atoms with E-state index < -0.39 is 61.9 Å². The summed E-state index contributed by atoms with van der Waals surface area (Å²) in [5.41, 5.74) is 0. The van der Waals surface area contributed by atoms with Crippen LogP contribution in [0.5, 0.6) is 0 Å². The number of aliphatic hydroxyl groups is 7. The molecule has 0 amide bonds. The van der Waals surface area contributed by atoms with Gasteiger partial charge in [0.2, 0.25) is 0 Å². The van der Waals surface area contributed by atoms with Crippen LogP contribution in [-0.2, 0) is 14.2 Å². The SMILES string of the molecule is OC[C@H]1O[C@H](OC[C@@H]2C[C@H](O)[C@H](O)[C@@H](O)O2)[C@@H](O)[C@@H](O)[C@@H]1O. The lowest BCUT2D eigenvalue weighted by atomic mass is 9.99. The first-order chi connectivity index (χ1) is 10.3. The van der Waals surface area contributed by atoms with Crippen molar-refractivity contribution in [1.29, 1.82) is 0 Å². The van der Waals surface area contributed by atoms with Crippen molar-refractivity contribution < 1.29 is 50.0 Å². The van der Waals surface area contributed by atoms with E-state index in [1.807, 2.05) is 0 Å². The summed E-state index contributed by atoms with van der Waals surface area (Å²) in [5.74, 6) is 0. The Morgan fingerprint density at radius 2 is 1.55 bits per heavy atom. The largest absolute Gasteiger partial charge is 0.394 e. The van der Waals surface area contributed by atoms with E-state index >= 15 is 0 Å². The van der Waals surface area contributed by atoms with Gasteiger partial charge < -0.3 is 50.0 Å². The van der Waals surface area contributed by atoms with Gasteiger partial charge in [0.15, 0.2) is 12.6 Å². The van der Waals surface area contributed by atoms with Gasteiger partial charge in [-0.3, -0.25) is 0 Å². The maximum absolute atomic E-state index is 9.78. The van der Waals surface area contributed by atoms with Crippen LogP contribution in [0.25, 0.3) is 0 Å². The Morgan fingerprint density at radius 3 is 2.14 bits per heavy atom. The summed E-state index contributed by atoms with van der Waals surface area (Å²) >= 11 is 0. The third-order valence-corrected chi connectivity index (χ3v) is 3.82. The van der Waals surface area contributed by atoms with Gasteiger partial charge in [0.25, 0.3) is 0 Å². The maximum atomic E-state index is 9.78. The summed E-state index contributed by atoms with van der Waals surface area (Å²) in [7, 11) is 0. The van der Waals surface area contributed by atoms with Crippen LogP contribution >= 0.6 is 0 Å². The zero-order chi connectivity index (χ0) is 16.4. The first-order valence-corrected chi connectivity index (χ1v) is 6.97. The highest BCUT2D eigenvalue weighted by Crippen LogP contribution is 2.24. The molecule has 2 saturated heterocycles. The third-order valence-electron chi connectivity index (χ3n) is 3.82. The molecule has 2 aliphatic heterocycles. The molecule has 2 heterocycles. The lowest BCUT2D eigenvalue weighted by Crippen LogP contribution is -2.59. The minimum Gasteiger partial charge on any atom is -0.394 e. The van der Waals surface area contributed by atoms with Crippen LogP contribution in [0.15, 0.2) is 0 Å². The average Bonchev–Trinajstić information content (AvgIpc) is 2.49. The zero-order valence-electron chi connectivity index (χ0n) is 11.7. The Balaban J connectivity index is 1.88. The lowest BCUT2D eigenvalue weighted by Gasteiger charge is -2.40. The molecule has 0 saturated carbocycles. The molecule has 10 nitrogen and oxygen atoms in total. The van der Waals surface area contributed by atoms with Crippen LogP contribution in [0, 0.1) is 0 Å². The number of rotatable bonds is 4. The minimum atomic E-state index is -1.56. The second-order valence-electron chi connectivity index (χ2n) is 5.47. The van der Waals surface area contributed by atoms with Crippen molar-refractivity contribution in [2.45, 2.75) is 61.7 Å². The van der Waals surface area contributed by atoms with Gasteiger partial charge in [-0.15, -0.1) is 0 Å². The second kappa shape index (κ2) is 7.45.